The molecule has 2 aromatic carbocycles. The summed E-state index contributed by atoms with van der Waals surface area (Å²) in [6, 6.07) is 16.1. The normalized spacial score (nSPS) is 11.0. The standard InChI is InChI=1S/C19H14ClF3N4OS/c20-13-8-6-12(7-9-13)11-24-18(29)27-17-25-15(19(21,22)23)10-16(26-17)28-14-4-2-1-3-5-14/h1-10H,11H2,(H2,24,25,26,27,29). The Morgan fingerprint density at radius 1 is 1.03 bits per heavy atom. The van der Waals surface area contributed by atoms with Gasteiger partial charge in [-0.25, -0.2) is 4.98 Å². The van der Waals surface area contributed by atoms with Gasteiger partial charge in [-0.2, -0.15) is 18.2 Å². The topological polar surface area (TPSA) is 59.1 Å². The van der Waals surface area contributed by atoms with Crippen LogP contribution in [0.2, 0.25) is 5.02 Å². The van der Waals surface area contributed by atoms with Gasteiger partial charge in [-0.05, 0) is 42.0 Å². The van der Waals surface area contributed by atoms with Gasteiger partial charge in [0.2, 0.25) is 11.8 Å². The molecule has 0 spiro atoms. The van der Waals surface area contributed by atoms with Crippen LogP contribution in [0.1, 0.15) is 11.3 Å². The molecule has 0 saturated carbocycles. The Balaban J connectivity index is 1.73. The fraction of sp³-hybridized carbons (Fsp3) is 0.105. The lowest BCUT2D eigenvalue weighted by atomic mass is 10.2. The summed E-state index contributed by atoms with van der Waals surface area (Å²) < 4.78 is 45.0. The molecule has 0 bridgehead atoms. The summed E-state index contributed by atoms with van der Waals surface area (Å²) in [5.74, 6) is -0.255. The molecule has 5 nitrogen and oxygen atoms in total. The predicted molar refractivity (Wildman–Crippen MR) is 108 cm³/mol. The average Bonchev–Trinajstić information content (AvgIpc) is 2.67. The van der Waals surface area contributed by atoms with Crippen molar-refractivity contribution in [2.24, 2.45) is 0 Å². The molecule has 0 aliphatic rings. The van der Waals surface area contributed by atoms with Gasteiger partial charge in [0.05, 0.1) is 0 Å². The van der Waals surface area contributed by atoms with E-state index >= 15 is 0 Å². The zero-order valence-corrected chi connectivity index (χ0v) is 16.3. The minimum atomic E-state index is -4.67. The van der Waals surface area contributed by atoms with Crippen LogP contribution >= 0.6 is 23.8 Å². The van der Waals surface area contributed by atoms with Gasteiger partial charge in [0.1, 0.15) is 5.75 Å². The number of nitrogens with zero attached hydrogens (tertiary/aromatic N) is 2. The van der Waals surface area contributed by atoms with Gasteiger partial charge in [0.15, 0.2) is 10.8 Å². The maximum atomic E-state index is 13.2. The van der Waals surface area contributed by atoms with Crippen LogP contribution in [0.15, 0.2) is 60.7 Å². The Hall–Kier alpha value is -2.91. The lowest BCUT2D eigenvalue weighted by Crippen LogP contribution is -2.29. The molecule has 0 amide bonds. The number of aromatic nitrogens is 2. The van der Waals surface area contributed by atoms with Crippen molar-refractivity contribution in [3.05, 3.63) is 76.9 Å². The van der Waals surface area contributed by atoms with Gasteiger partial charge >= 0.3 is 6.18 Å². The second kappa shape index (κ2) is 9.06. The number of hydrogen-bond acceptors (Lipinski definition) is 4. The fourth-order valence-electron chi connectivity index (χ4n) is 2.22. The molecule has 0 saturated heterocycles. The smallest absolute Gasteiger partial charge is 0.433 e. The Kier molecular flexibility index (Phi) is 6.50. The molecular formula is C19H14ClF3N4OS. The van der Waals surface area contributed by atoms with E-state index in [-0.39, 0.29) is 16.9 Å². The van der Waals surface area contributed by atoms with E-state index in [0.29, 0.717) is 17.3 Å². The SMILES string of the molecule is FC(F)(F)c1cc(Oc2ccccc2)nc(NC(=S)NCc2ccc(Cl)cc2)n1. The summed E-state index contributed by atoms with van der Waals surface area (Å²) in [4.78, 5) is 7.44. The molecule has 2 N–H and O–H groups in total. The highest BCUT2D eigenvalue weighted by Gasteiger charge is 2.34. The molecule has 29 heavy (non-hydrogen) atoms. The first-order valence-corrected chi connectivity index (χ1v) is 9.07. The number of halogens is 4. The van der Waals surface area contributed by atoms with Gasteiger partial charge in [-0.1, -0.05) is 41.9 Å². The summed E-state index contributed by atoms with van der Waals surface area (Å²) in [6.07, 6.45) is -4.67. The molecule has 3 aromatic rings. The molecule has 3 rings (SSSR count). The maximum absolute atomic E-state index is 13.2. The van der Waals surface area contributed by atoms with E-state index in [4.69, 9.17) is 28.6 Å². The number of benzene rings is 2. The van der Waals surface area contributed by atoms with E-state index < -0.39 is 11.9 Å². The highest BCUT2D eigenvalue weighted by atomic mass is 35.5. The third kappa shape index (κ3) is 6.30. The van der Waals surface area contributed by atoms with Crippen LogP contribution in [-0.2, 0) is 12.7 Å². The fourth-order valence-corrected chi connectivity index (χ4v) is 2.51. The molecular weight excluding hydrogens is 425 g/mol. The first-order chi connectivity index (χ1) is 13.8. The van der Waals surface area contributed by atoms with E-state index in [0.717, 1.165) is 11.6 Å². The average molecular weight is 439 g/mol. The molecule has 0 fully saturated rings. The molecule has 1 heterocycles. The number of para-hydroxylation sites is 1. The zero-order chi connectivity index (χ0) is 20.9. The first-order valence-electron chi connectivity index (χ1n) is 8.28. The Bertz CT molecular complexity index is 985. The molecule has 0 aliphatic carbocycles. The Morgan fingerprint density at radius 3 is 2.38 bits per heavy atom. The molecule has 1 aromatic heterocycles. The highest BCUT2D eigenvalue weighted by Crippen LogP contribution is 2.31. The van der Waals surface area contributed by atoms with E-state index in [1.165, 1.54) is 0 Å². The number of alkyl halides is 3. The number of hydrogen-bond donors (Lipinski definition) is 2. The third-order valence-electron chi connectivity index (χ3n) is 3.55. The second-order valence-corrected chi connectivity index (χ2v) is 6.61. The summed E-state index contributed by atoms with van der Waals surface area (Å²) in [5, 5.41) is 6.08. The summed E-state index contributed by atoms with van der Waals surface area (Å²) >= 11 is 10.9. The van der Waals surface area contributed by atoms with Crippen LogP contribution < -0.4 is 15.4 Å². The van der Waals surface area contributed by atoms with Gasteiger partial charge in [-0.3, -0.25) is 0 Å². The minimum Gasteiger partial charge on any atom is -0.439 e. The van der Waals surface area contributed by atoms with Crippen molar-refractivity contribution in [1.82, 2.24) is 15.3 Å². The Labute approximate surface area is 174 Å². The van der Waals surface area contributed by atoms with Crippen LogP contribution in [0.5, 0.6) is 11.6 Å². The largest absolute Gasteiger partial charge is 0.439 e. The highest BCUT2D eigenvalue weighted by molar-refractivity contribution is 7.80. The molecule has 10 heteroatoms. The minimum absolute atomic E-state index is 0.0601. The number of thiocarbonyl (C=S) groups is 1. The van der Waals surface area contributed by atoms with E-state index in [9.17, 15) is 13.2 Å². The van der Waals surface area contributed by atoms with Crippen LogP contribution in [0.3, 0.4) is 0 Å². The molecule has 0 radical (unpaired) electrons. The van der Waals surface area contributed by atoms with Gasteiger partial charge < -0.3 is 15.4 Å². The van der Waals surface area contributed by atoms with Crippen molar-refractivity contribution >= 4 is 34.9 Å². The van der Waals surface area contributed by atoms with Crippen molar-refractivity contribution in [3.8, 4) is 11.6 Å². The number of nitrogens with one attached hydrogen (secondary N) is 2. The quantitative estimate of drug-likeness (QED) is 0.518. The third-order valence-corrected chi connectivity index (χ3v) is 4.05. The van der Waals surface area contributed by atoms with Crippen LogP contribution in [-0.4, -0.2) is 15.1 Å². The van der Waals surface area contributed by atoms with Gasteiger partial charge in [-0.15, -0.1) is 0 Å². The van der Waals surface area contributed by atoms with Crippen molar-refractivity contribution in [1.29, 1.82) is 0 Å². The molecule has 0 unspecified atom stereocenters. The zero-order valence-electron chi connectivity index (χ0n) is 14.7. The van der Waals surface area contributed by atoms with Crippen molar-refractivity contribution in [2.75, 3.05) is 5.32 Å². The molecule has 0 aliphatic heterocycles. The van der Waals surface area contributed by atoms with E-state index in [2.05, 4.69) is 20.6 Å². The number of ether oxygens (including phenoxy) is 1. The van der Waals surface area contributed by atoms with Gasteiger partial charge in [0.25, 0.3) is 0 Å². The number of rotatable bonds is 5. The van der Waals surface area contributed by atoms with Crippen LogP contribution in [0.4, 0.5) is 19.1 Å². The Morgan fingerprint density at radius 2 is 1.72 bits per heavy atom. The van der Waals surface area contributed by atoms with Crippen molar-refractivity contribution < 1.29 is 17.9 Å². The second-order valence-electron chi connectivity index (χ2n) is 5.76. The first kappa shape index (κ1) is 20.8. The van der Waals surface area contributed by atoms with Crippen LogP contribution in [0.25, 0.3) is 0 Å². The van der Waals surface area contributed by atoms with Gasteiger partial charge in [0, 0.05) is 17.6 Å². The monoisotopic (exact) mass is 438 g/mol. The predicted octanol–water partition coefficient (Wildman–Crippen LogP) is 5.43. The van der Waals surface area contributed by atoms with Crippen LogP contribution in [0, 0.1) is 0 Å². The van der Waals surface area contributed by atoms with Crippen molar-refractivity contribution in [3.63, 3.8) is 0 Å². The number of anilines is 1. The lowest BCUT2D eigenvalue weighted by Gasteiger charge is -2.13. The molecule has 0 atom stereocenters. The van der Waals surface area contributed by atoms with E-state index in [1.54, 1.807) is 54.6 Å². The molecule has 150 valence electrons. The summed E-state index contributed by atoms with van der Waals surface area (Å²) in [5.41, 5.74) is -0.266. The lowest BCUT2D eigenvalue weighted by molar-refractivity contribution is -0.141. The van der Waals surface area contributed by atoms with E-state index in [1.807, 2.05) is 0 Å². The maximum Gasteiger partial charge on any atom is 0.433 e. The summed E-state index contributed by atoms with van der Waals surface area (Å²) in [6.45, 7) is 0.343. The summed E-state index contributed by atoms with van der Waals surface area (Å²) in [7, 11) is 0. The van der Waals surface area contributed by atoms with Crippen molar-refractivity contribution in [2.45, 2.75) is 12.7 Å².